The molecule has 1 saturated heterocycles. The molecule has 2 aromatic rings. The average Bonchev–Trinajstić information content (AvgIpc) is 3.43. The first kappa shape index (κ1) is 27.7. The van der Waals surface area contributed by atoms with Gasteiger partial charge in [0.15, 0.2) is 5.01 Å². The molecule has 2 amide bonds. The van der Waals surface area contributed by atoms with Gasteiger partial charge in [-0.3, -0.25) is 9.59 Å². The number of alkyl halides is 5. The molecule has 3 aliphatic rings. The Balaban J connectivity index is 1.51. The molecular weight excluding hydrogens is 545 g/mol. The number of carbonyl (C=O) groups is 2. The minimum Gasteiger partial charge on any atom is -0.393 e. The van der Waals surface area contributed by atoms with Gasteiger partial charge in [-0.2, -0.15) is 13.2 Å². The van der Waals surface area contributed by atoms with Gasteiger partial charge in [-0.25, -0.2) is 18.7 Å². The van der Waals surface area contributed by atoms with Crippen LogP contribution in [0.3, 0.4) is 0 Å². The number of anilines is 1. The Morgan fingerprint density at radius 1 is 1.21 bits per heavy atom. The first-order valence-corrected chi connectivity index (χ1v) is 13.7. The zero-order valence-corrected chi connectivity index (χ0v) is 21.8. The van der Waals surface area contributed by atoms with Gasteiger partial charge in [-0.15, -0.1) is 11.3 Å². The second-order valence-corrected chi connectivity index (χ2v) is 11.4. The third-order valence-corrected chi connectivity index (χ3v) is 8.54. The summed E-state index contributed by atoms with van der Waals surface area (Å²) >= 11 is 0.750. The topological polar surface area (TPSA) is 107 Å². The largest absolute Gasteiger partial charge is 0.408 e. The molecular formula is C25H28F5N5O3S. The number of hydrogen-bond donors (Lipinski definition) is 3. The van der Waals surface area contributed by atoms with Gasteiger partial charge < -0.3 is 20.6 Å². The number of aliphatic hydroxyl groups excluding tert-OH is 1. The zero-order chi connectivity index (χ0) is 28.1. The van der Waals surface area contributed by atoms with E-state index in [9.17, 15) is 36.6 Å². The number of nitrogens with zero attached hydrogens (tertiary/aromatic N) is 3. The third-order valence-electron chi connectivity index (χ3n) is 7.45. The van der Waals surface area contributed by atoms with Crippen LogP contribution in [0.15, 0.2) is 12.3 Å². The number of aromatic nitrogens is 2. The monoisotopic (exact) mass is 573 g/mol. The first-order chi connectivity index (χ1) is 18.4. The van der Waals surface area contributed by atoms with Crippen LogP contribution in [0.4, 0.5) is 27.8 Å². The number of pyridine rings is 1. The molecule has 2 aromatic heterocycles. The van der Waals surface area contributed by atoms with Crippen molar-refractivity contribution in [3.05, 3.63) is 28.5 Å². The zero-order valence-electron chi connectivity index (χ0n) is 21.0. The quantitative estimate of drug-likeness (QED) is 0.393. The van der Waals surface area contributed by atoms with E-state index >= 15 is 0 Å². The summed E-state index contributed by atoms with van der Waals surface area (Å²) < 4.78 is 69.0. The van der Waals surface area contributed by atoms with Gasteiger partial charge in [-0.1, -0.05) is 0 Å². The molecule has 0 spiro atoms. The third kappa shape index (κ3) is 5.86. The summed E-state index contributed by atoms with van der Waals surface area (Å²) in [6, 6.07) is -1.42. The van der Waals surface area contributed by atoms with Crippen molar-refractivity contribution in [1.29, 1.82) is 0 Å². The number of hydrogen-bond acceptors (Lipinski definition) is 7. The fraction of sp³-hybridized carbons (Fsp3) is 0.600. The lowest BCUT2D eigenvalue weighted by Gasteiger charge is -2.31. The van der Waals surface area contributed by atoms with Crippen LogP contribution in [0.1, 0.15) is 77.7 Å². The molecule has 1 aliphatic heterocycles. The number of thiazole rings is 1. The Labute approximate surface area is 225 Å². The van der Waals surface area contributed by atoms with Gasteiger partial charge in [0.1, 0.15) is 17.6 Å². The predicted octanol–water partition coefficient (Wildman–Crippen LogP) is 4.77. The van der Waals surface area contributed by atoms with Crippen LogP contribution in [-0.2, 0) is 0 Å². The Bertz CT molecular complexity index is 1250. The van der Waals surface area contributed by atoms with Gasteiger partial charge in [0.2, 0.25) is 0 Å². The maximum absolute atomic E-state index is 14.3. The number of nitrogens with one attached hydrogen (secondary N) is 2. The molecule has 14 heteroatoms. The number of carbonyl (C=O) groups excluding carboxylic acids is 2. The van der Waals surface area contributed by atoms with Crippen molar-refractivity contribution in [3.8, 4) is 10.4 Å². The van der Waals surface area contributed by atoms with Crippen molar-refractivity contribution in [2.24, 2.45) is 5.92 Å². The van der Waals surface area contributed by atoms with Crippen molar-refractivity contribution in [2.75, 3.05) is 11.9 Å². The molecule has 2 atom stereocenters. The van der Waals surface area contributed by atoms with Crippen LogP contribution in [0.25, 0.3) is 10.4 Å². The SMILES string of the molecule is C[C@H]1CCCN1C(=O)c1nc(C(=O)N[C@H]2C[C@H](O)C2)sc1-c1cnc(NC(C2CC2)C(F)(F)F)cc1C(F)F. The molecule has 1 unspecified atom stereocenters. The molecule has 8 nitrogen and oxygen atoms in total. The highest BCUT2D eigenvalue weighted by molar-refractivity contribution is 7.17. The van der Waals surface area contributed by atoms with Crippen LogP contribution >= 0.6 is 11.3 Å². The van der Waals surface area contributed by atoms with Crippen molar-refractivity contribution in [1.82, 2.24) is 20.2 Å². The number of amides is 2. The summed E-state index contributed by atoms with van der Waals surface area (Å²) in [7, 11) is 0. The van der Waals surface area contributed by atoms with Gasteiger partial charge in [-0.05, 0) is 57.4 Å². The summed E-state index contributed by atoms with van der Waals surface area (Å²) in [4.78, 5) is 36.1. The number of aliphatic hydroxyl groups is 1. The minimum absolute atomic E-state index is 0.00167. The van der Waals surface area contributed by atoms with Crippen LogP contribution in [0.5, 0.6) is 0 Å². The molecule has 2 saturated carbocycles. The van der Waals surface area contributed by atoms with Crippen molar-refractivity contribution >= 4 is 29.0 Å². The first-order valence-electron chi connectivity index (χ1n) is 12.8. The van der Waals surface area contributed by atoms with Crippen LogP contribution in [-0.4, -0.2) is 68.7 Å². The molecule has 3 heterocycles. The average molecular weight is 574 g/mol. The highest BCUT2D eigenvalue weighted by Crippen LogP contribution is 2.43. The van der Waals surface area contributed by atoms with Gasteiger partial charge in [0.05, 0.1) is 11.0 Å². The van der Waals surface area contributed by atoms with Crippen LogP contribution in [0.2, 0.25) is 0 Å². The second kappa shape index (κ2) is 10.6. The fourth-order valence-electron chi connectivity index (χ4n) is 5.04. The Kier molecular flexibility index (Phi) is 7.53. The predicted molar refractivity (Wildman–Crippen MR) is 133 cm³/mol. The summed E-state index contributed by atoms with van der Waals surface area (Å²) in [5.41, 5.74) is -0.968. The van der Waals surface area contributed by atoms with Crippen LogP contribution < -0.4 is 10.6 Å². The number of rotatable bonds is 8. The molecule has 5 rings (SSSR count). The van der Waals surface area contributed by atoms with Gasteiger partial charge in [0.25, 0.3) is 18.2 Å². The summed E-state index contributed by atoms with van der Waals surface area (Å²) in [5.74, 6) is -2.12. The maximum Gasteiger partial charge on any atom is 0.408 e. The summed E-state index contributed by atoms with van der Waals surface area (Å²) in [6.07, 6.45) is -4.17. The van der Waals surface area contributed by atoms with Crippen LogP contribution in [0, 0.1) is 5.92 Å². The number of likely N-dealkylation sites (tertiary alicyclic amines) is 1. The lowest BCUT2D eigenvalue weighted by atomic mass is 9.89. The molecule has 0 aromatic carbocycles. The minimum atomic E-state index is -4.57. The standard InChI is InChI=1S/C25H28F5N5O3S/c1-11-3-2-6-35(11)24(38)18-19(39-23(34-18)22(37)32-13-7-14(36)8-13)16-10-31-17(9-15(16)21(26)27)33-20(12-4-5-12)25(28,29)30/h9-14,20-21,36H,2-8H2,1H3,(H,31,33)(H,32,37)/t11-,13-,14-,20?/m0/s1. The molecule has 212 valence electrons. The lowest BCUT2D eigenvalue weighted by Crippen LogP contribution is -2.46. The molecule has 3 N–H and O–H groups in total. The molecule has 2 aliphatic carbocycles. The highest BCUT2D eigenvalue weighted by Gasteiger charge is 2.49. The second-order valence-electron chi connectivity index (χ2n) is 10.4. The number of halogens is 5. The maximum atomic E-state index is 14.3. The van der Waals surface area contributed by atoms with Gasteiger partial charge >= 0.3 is 6.18 Å². The van der Waals surface area contributed by atoms with E-state index in [4.69, 9.17) is 0 Å². The van der Waals surface area contributed by atoms with Crippen molar-refractivity contribution in [3.63, 3.8) is 0 Å². The van der Waals surface area contributed by atoms with E-state index in [1.807, 2.05) is 6.92 Å². The highest BCUT2D eigenvalue weighted by atomic mass is 32.1. The molecule has 0 bridgehead atoms. The summed E-state index contributed by atoms with van der Waals surface area (Å²) in [5, 5.41) is 14.4. The van der Waals surface area contributed by atoms with E-state index in [0.29, 0.717) is 32.2 Å². The Morgan fingerprint density at radius 2 is 1.92 bits per heavy atom. The van der Waals surface area contributed by atoms with E-state index in [1.165, 1.54) is 0 Å². The van der Waals surface area contributed by atoms with E-state index in [2.05, 4.69) is 20.6 Å². The van der Waals surface area contributed by atoms with E-state index < -0.39 is 48.0 Å². The normalized spacial score (nSPS) is 24.0. The lowest BCUT2D eigenvalue weighted by molar-refractivity contribution is -0.146. The Morgan fingerprint density at radius 3 is 2.49 bits per heavy atom. The molecule has 39 heavy (non-hydrogen) atoms. The van der Waals surface area contributed by atoms with E-state index in [0.717, 1.165) is 36.4 Å². The smallest absolute Gasteiger partial charge is 0.393 e. The molecule has 3 fully saturated rings. The summed E-state index contributed by atoms with van der Waals surface area (Å²) in [6.45, 7) is 2.30. The van der Waals surface area contributed by atoms with E-state index in [-0.39, 0.29) is 39.0 Å². The Hall–Kier alpha value is -2.87. The van der Waals surface area contributed by atoms with Gasteiger partial charge in [0, 0.05) is 36.0 Å². The molecule has 0 radical (unpaired) electrons. The fourth-order valence-corrected chi connectivity index (χ4v) is 6.04. The van der Waals surface area contributed by atoms with Crippen molar-refractivity contribution < 1.29 is 36.6 Å². The van der Waals surface area contributed by atoms with E-state index in [1.54, 1.807) is 4.90 Å². The van der Waals surface area contributed by atoms with Crippen molar-refractivity contribution in [2.45, 2.75) is 82.3 Å².